The molecule has 0 radical (unpaired) electrons. The summed E-state index contributed by atoms with van der Waals surface area (Å²) in [6.07, 6.45) is 6.06. The van der Waals surface area contributed by atoms with Gasteiger partial charge in [-0.3, -0.25) is 14.8 Å². The fraction of sp³-hybridized carbons (Fsp3) is 0.318. The standard InChI is InChI=1S/C22H23N5O2S3/c1-22(2,29-3)6-9-30-21-27-16-5-4-14(10-18(16)32-21)25-19(28)11-15-13-31-20(26-15)17-12-23-7-8-24-17/h4-5,7-8,10,12-13H,6,9,11H2,1-3H3,(H,25,28). The molecular formula is C22H23N5O2S3. The third-order valence-corrected chi connectivity index (χ3v) is 7.89. The van der Waals surface area contributed by atoms with Gasteiger partial charge >= 0.3 is 0 Å². The van der Waals surface area contributed by atoms with Crippen LogP contribution in [-0.2, 0) is 16.0 Å². The fourth-order valence-electron chi connectivity index (χ4n) is 2.81. The molecule has 4 aromatic rings. The first-order valence-electron chi connectivity index (χ1n) is 10.0. The van der Waals surface area contributed by atoms with Crippen LogP contribution in [0.1, 0.15) is 26.0 Å². The van der Waals surface area contributed by atoms with E-state index in [1.165, 1.54) is 11.3 Å². The topological polar surface area (TPSA) is 89.9 Å². The lowest BCUT2D eigenvalue weighted by molar-refractivity contribution is -0.115. The zero-order valence-corrected chi connectivity index (χ0v) is 20.4. The summed E-state index contributed by atoms with van der Waals surface area (Å²) in [6, 6.07) is 5.80. The highest BCUT2D eigenvalue weighted by molar-refractivity contribution is 8.01. The molecule has 3 aromatic heterocycles. The summed E-state index contributed by atoms with van der Waals surface area (Å²) in [5, 5.41) is 5.60. The van der Waals surface area contributed by atoms with Crippen LogP contribution in [-0.4, -0.2) is 44.3 Å². The van der Waals surface area contributed by atoms with Gasteiger partial charge in [-0.1, -0.05) is 11.8 Å². The van der Waals surface area contributed by atoms with Gasteiger partial charge in [0.1, 0.15) is 10.7 Å². The van der Waals surface area contributed by atoms with E-state index in [0.717, 1.165) is 37.4 Å². The largest absolute Gasteiger partial charge is 0.379 e. The van der Waals surface area contributed by atoms with Gasteiger partial charge in [0.25, 0.3) is 0 Å². The molecule has 0 aliphatic carbocycles. The van der Waals surface area contributed by atoms with Gasteiger partial charge in [-0.25, -0.2) is 9.97 Å². The van der Waals surface area contributed by atoms with E-state index in [4.69, 9.17) is 4.74 Å². The number of methoxy groups -OCH3 is 1. The van der Waals surface area contributed by atoms with E-state index < -0.39 is 0 Å². The van der Waals surface area contributed by atoms with E-state index in [0.29, 0.717) is 11.4 Å². The number of thiazole rings is 2. The van der Waals surface area contributed by atoms with E-state index in [1.54, 1.807) is 48.8 Å². The molecule has 1 amide bonds. The van der Waals surface area contributed by atoms with Gasteiger partial charge in [-0.2, -0.15) is 0 Å². The second-order valence-electron chi connectivity index (χ2n) is 7.68. The number of nitrogens with one attached hydrogen (secondary N) is 1. The minimum Gasteiger partial charge on any atom is -0.379 e. The number of nitrogens with zero attached hydrogens (tertiary/aromatic N) is 4. The van der Waals surface area contributed by atoms with Crippen LogP contribution in [0.5, 0.6) is 0 Å². The number of rotatable bonds is 9. The number of hydrogen-bond acceptors (Lipinski definition) is 9. The van der Waals surface area contributed by atoms with Gasteiger partial charge in [0.05, 0.1) is 34.1 Å². The van der Waals surface area contributed by atoms with Gasteiger partial charge in [0.2, 0.25) is 5.91 Å². The number of fused-ring (bicyclic) bond motifs is 1. The Morgan fingerprint density at radius 2 is 2.12 bits per heavy atom. The monoisotopic (exact) mass is 485 g/mol. The molecule has 1 aromatic carbocycles. The lowest BCUT2D eigenvalue weighted by atomic mass is 10.1. The Balaban J connectivity index is 1.35. The molecule has 0 aliphatic rings. The maximum absolute atomic E-state index is 12.5. The predicted molar refractivity (Wildman–Crippen MR) is 132 cm³/mol. The average Bonchev–Trinajstić information content (AvgIpc) is 3.40. The predicted octanol–water partition coefficient (Wildman–Crippen LogP) is 5.30. The highest BCUT2D eigenvalue weighted by Gasteiger charge is 2.16. The molecule has 0 unspecified atom stereocenters. The number of ether oxygens (including phenoxy) is 1. The highest BCUT2D eigenvalue weighted by Crippen LogP contribution is 2.32. The second kappa shape index (κ2) is 10.0. The molecule has 7 nitrogen and oxygen atoms in total. The van der Waals surface area contributed by atoms with Crippen LogP contribution >= 0.6 is 34.4 Å². The molecule has 0 spiro atoms. The van der Waals surface area contributed by atoms with Crippen molar-refractivity contribution < 1.29 is 9.53 Å². The maximum atomic E-state index is 12.5. The Hall–Kier alpha value is -2.40. The Bertz CT molecular complexity index is 1210. The van der Waals surface area contributed by atoms with Crippen molar-refractivity contribution in [3.05, 3.63) is 47.9 Å². The van der Waals surface area contributed by atoms with Crippen LogP contribution < -0.4 is 5.32 Å². The second-order valence-corrected chi connectivity index (χ2v) is 10.9. The SMILES string of the molecule is COC(C)(C)CCSc1nc2ccc(NC(=O)Cc3csc(-c4cnccn4)n3)cc2s1. The van der Waals surface area contributed by atoms with E-state index in [-0.39, 0.29) is 17.9 Å². The Morgan fingerprint density at radius 1 is 1.25 bits per heavy atom. The minimum atomic E-state index is -0.131. The van der Waals surface area contributed by atoms with Crippen LogP contribution in [0.4, 0.5) is 5.69 Å². The van der Waals surface area contributed by atoms with Crippen LogP contribution in [0.3, 0.4) is 0 Å². The van der Waals surface area contributed by atoms with E-state index in [2.05, 4.69) is 39.1 Å². The molecule has 3 heterocycles. The van der Waals surface area contributed by atoms with Gasteiger partial charge in [0.15, 0.2) is 4.34 Å². The van der Waals surface area contributed by atoms with E-state index in [1.807, 2.05) is 23.6 Å². The van der Waals surface area contributed by atoms with Crippen molar-refractivity contribution in [2.75, 3.05) is 18.2 Å². The lowest BCUT2D eigenvalue weighted by Crippen LogP contribution is -2.22. The summed E-state index contributed by atoms with van der Waals surface area (Å²) in [6.45, 7) is 4.17. The number of anilines is 1. The third kappa shape index (κ3) is 5.89. The summed E-state index contributed by atoms with van der Waals surface area (Å²) in [4.78, 5) is 30.0. The summed E-state index contributed by atoms with van der Waals surface area (Å²) in [7, 11) is 1.74. The summed E-state index contributed by atoms with van der Waals surface area (Å²) in [5.74, 6) is 0.829. The normalized spacial score (nSPS) is 11.7. The zero-order valence-electron chi connectivity index (χ0n) is 18.0. The molecule has 0 atom stereocenters. The molecule has 0 fully saturated rings. The molecule has 0 aliphatic heterocycles. The van der Waals surface area contributed by atoms with Gasteiger partial charge in [0, 0.05) is 36.3 Å². The first-order valence-corrected chi connectivity index (χ1v) is 12.7. The molecule has 0 bridgehead atoms. The number of carbonyl (C=O) groups is 1. The molecule has 0 saturated carbocycles. The van der Waals surface area contributed by atoms with Crippen LogP contribution in [0.25, 0.3) is 20.9 Å². The average molecular weight is 486 g/mol. The van der Waals surface area contributed by atoms with E-state index in [9.17, 15) is 4.79 Å². The maximum Gasteiger partial charge on any atom is 0.230 e. The Labute approximate surface area is 198 Å². The molecule has 10 heteroatoms. The van der Waals surface area contributed by atoms with Crippen molar-refractivity contribution in [2.45, 2.75) is 36.6 Å². The third-order valence-electron chi connectivity index (χ3n) is 4.81. The molecule has 32 heavy (non-hydrogen) atoms. The van der Waals surface area contributed by atoms with Crippen molar-refractivity contribution in [1.82, 2.24) is 19.9 Å². The number of thioether (sulfide) groups is 1. The summed E-state index contributed by atoms with van der Waals surface area (Å²) >= 11 is 4.83. The number of carbonyl (C=O) groups excluding carboxylic acids is 1. The highest BCUT2D eigenvalue weighted by atomic mass is 32.2. The van der Waals surface area contributed by atoms with E-state index >= 15 is 0 Å². The molecule has 4 rings (SSSR count). The number of hydrogen-bond donors (Lipinski definition) is 1. The first kappa shape index (κ1) is 22.8. The number of benzene rings is 1. The van der Waals surface area contributed by atoms with Crippen molar-refractivity contribution >= 4 is 56.2 Å². The van der Waals surface area contributed by atoms with Crippen molar-refractivity contribution in [3.8, 4) is 10.7 Å². The van der Waals surface area contributed by atoms with Crippen molar-refractivity contribution in [1.29, 1.82) is 0 Å². The Morgan fingerprint density at radius 3 is 2.91 bits per heavy atom. The molecule has 0 saturated heterocycles. The van der Waals surface area contributed by atoms with Crippen molar-refractivity contribution in [3.63, 3.8) is 0 Å². The smallest absolute Gasteiger partial charge is 0.230 e. The van der Waals surface area contributed by atoms with Gasteiger partial charge < -0.3 is 10.1 Å². The summed E-state index contributed by atoms with van der Waals surface area (Å²) in [5.41, 5.74) is 2.99. The van der Waals surface area contributed by atoms with Crippen LogP contribution in [0, 0.1) is 0 Å². The molecule has 1 N–H and O–H groups in total. The molecular weight excluding hydrogens is 462 g/mol. The minimum absolute atomic E-state index is 0.110. The van der Waals surface area contributed by atoms with Crippen LogP contribution in [0.2, 0.25) is 0 Å². The lowest BCUT2D eigenvalue weighted by Gasteiger charge is -2.21. The number of aromatic nitrogens is 4. The Kier molecular flexibility index (Phi) is 7.14. The zero-order chi connectivity index (χ0) is 22.6. The van der Waals surface area contributed by atoms with Gasteiger partial charge in [-0.05, 0) is 38.5 Å². The van der Waals surface area contributed by atoms with Gasteiger partial charge in [-0.15, -0.1) is 22.7 Å². The van der Waals surface area contributed by atoms with Crippen molar-refractivity contribution in [2.24, 2.45) is 0 Å². The quantitative estimate of drug-likeness (QED) is 0.322. The molecule has 166 valence electrons. The fourth-order valence-corrected chi connectivity index (χ4v) is 6.02. The first-order chi connectivity index (χ1) is 15.4. The van der Waals surface area contributed by atoms with Crippen LogP contribution in [0.15, 0.2) is 46.5 Å². The number of amides is 1. The summed E-state index contributed by atoms with van der Waals surface area (Å²) < 4.78 is 7.55.